The molecule has 88 valence electrons. The Bertz CT molecular complexity index is 530. The van der Waals surface area contributed by atoms with Crippen LogP contribution < -0.4 is 5.32 Å². The van der Waals surface area contributed by atoms with Gasteiger partial charge >= 0.3 is 0 Å². The lowest BCUT2D eigenvalue weighted by Crippen LogP contribution is -1.97. The summed E-state index contributed by atoms with van der Waals surface area (Å²) in [6.07, 6.45) is 0. The van der Waals surface area contributed by atoms with E-state index in [1.165, 1.54) is 16.7 Å². The van der Waals surface area contributed by atoms with Gasteiger partial charge in [0, 0.05) is 12.6 Å². The van der Waals surface area contributed by atoms with Gasteiger partial charge in [-0.25, -0.2) is 0 Å². The van der Waals surface area contributed by atoms with Crippen molar-refractivity contribution in [2.45, 2.75) is 20.8 Å². The van der Waals surface area contributed by atoms with Gasteiger partial charge in [-0.2, -0.15) is 0 Å². The molecule has 0 saturated carbocycles. The fourth-order valence-electron chi connectivity index (χ4n) is 1.85. The number of anilines is 1. The van der Waals surface area contributed by atoms with Crippen molar-refractivity contribution in [1.82, 2.24) is 10.2 Å². The molecule has 0 aliphatic heterocycles. The van der Waals surface area contributed by atoms with Crippen molar-refractivity contribution < 1.29 is 0 Å². The van der Waals surface area contributed by atoms with Gasteiger partial charge in [-0.1, -0.05) is 6.07 Å². The Kier molecular flexibility index (Phi) is 3.09. The zero-order valence-corrected chi connectivity index (χ0v) is 10.7. The highest BCUT2D eigenvalue weighted by atomic mass is 15.2. The van der Waals surface area contributed by atoms with Gasteiger partial charge in [0.05, 0.1) is 5.69 Å². The van der Waals surface area contributed by atoms with Crippen LogP contribution >= 0.6 is 0 Å². The van der Waals surface area contributed by atoms with E-state index in [4.69, 9.17) is 0 Å². The SMILES string of the molecule is CNc1ccc(-c2cc(C)c(C)cc2C)nn1. The van der Waals surface area contributed by atoms with Gasteiger partial charge in [-0.15, -0.1) is 10.2 Å². The predicted octanol–water partition coefficient (Wildman–Crippen LogP) is 3.11. The normalized spacial score (nSPS) is 10.4. The first-order valence-electron chi connectivity index (χ1n) is 5.71. The largest absolute Gasteiger partial charge is 0.372 e. The molecule has 1 aromatic heterocycles. The summed E-state index contributed by atoms with van der Waals surface area (Å²) in [5.41, 5.74) is 5.91. The Labute approximate surface area is 102 Å². The number of hydrogen-bond acceptors (Lipinski definition) is 3. The lowest BCUT2D eigenvalue weighted by Gasteiger charge is -2.09. The second kappa shape index (κ2) is 4.53. The zero-order valence-electron chi connectivity index (χ0n) is 10.7. The molecule has 1 N–H and O–H groups in total. The predicted molar refractivity (Wildman–Crippen MR) is 71.2 cm³/mol. The van der Waals surface area contributed by atoms with E-state index in [9.17, 15) is 0 Å². The Morgan fingerprint density at radius 2 is 1.59 bits per heavy atom. The topological polar surface area (TPSA) is 37.8 Å². The van der Waals surface area contributed by atoms with Crippen molar-refractivity contribution in [2.24, 2.45) is 0 Å². The van der Waals surface area contributed by atoms with Gasteiger partial charge in [0.15, 0.2) is 0 Å². The first-order valence-corrected chi connectivity index (χ1v) is 5.71. The molecule has 3 nitrogen and oxygen atoms in total. The highest BCUT2D eigenvalue weighted by Crippen LogP contribution is 2.24. The van der Waals surface area contributed by atoms with Crippen molar-refractivity contribution in [3.63, 3.8) is 0 Å². The second-order valence-electron chi connectivity index (χ2n) is 4.31. The second-order valence-corrected chi connectivity index (χ2v) is 4.31. The van der Waals surface area contributed by atoms with Crippen molar-refractivity contribution in [3.8, 4) is 11.3 Å². The summed E-state index contributed by atoms with van der Waals surface area (Å²) in [5, 5.41) is 11.3. The van der Waals surface area contributed by atoms with Gasteiger partial charge in [0.1, 0.15) is 5.82 Å². The van der Waals surface area contributed by atoms with Crippen LogP contribution in [0.5, 0.6) is 0 Å². The van der Waals surface area contributed by atoms with Crippen LogP contribution in [0.15, 0.2) is 24.3 Å². The number of hydrogen-bond donors (Lipinski definition) is 1. The summed E-state index contributed by atoms with van der Waals surface area (Å²) >= 11 is 0. The molecule has 1 heterocycles. The van der Waals surface area contributed by atoms with Crippen molar-refractivity contribution >= 4 is 5.82 Å². The monoisotopic (exact) mass is 227 g/mol. The van der Waals surface area contributed by atoms with E-state index in [0.29, 0.717) is 0 Å². The third kappa shape index (κ3) is 2.28. The van der Waals surface area contributed by atoms with Crippen molar-refractivity contribution in [2.75, 3.05) is 12.4 Å². The van der Waals surface area contributed by atoms with Crippen LogP contribution in [0.3, 0.4) is 0 Å². The quantitative estimate of drug-likeness (QED) is 0.856. The van der Waals surface area contributed by atoms with Gasteiger partial charge in [0.25, 0.3) is 0 Å². The minimum Gasteiger partial charge on any atom is -0.372 e. The standard InChI is InChI=1S/C14H17N3/c1-9-7-11(3)12(8-10(9)2)13-5-6-14(15-4)17-16-13/h5-8H,1-4H3,(H,15,17). The van der Waals surface area contributed by atoms with Crippen LogP contribution in [0.2, 0.25) is 0 Å². The van der Waals surface area contributed by atoms with E-state index < -0.39 is 0 Å². The molecule has 17 heavy (non-hydrogen) atoms. The molecule has 0 spiro atoms. The van der Waals surface area contributed by atoms with E-state index in [1.807, 2.05) is 19.2 Å². The van der Waals surface area contributed by atoms with Crippen LogP contribution in [-0.4, -0.2) is 17.2 Å². The number of benzene rings is 1. The van der Waals surface area contributed by atoms with Gasteiger partial charge in [0.2, 0.25) is 0 Å². The number of nitrogens with one attached hydrogen (secondary N) is 1. The van der Waals surface area contributed by atoms with Gasteiger partial charge < -0.3 is 5.32 Å². The van der Waals surface area contributed by atoms with E-state index in [-0.39, 0.29) is 0 Å². The third-order valence-electron chi connectivity index (χ3n) is 3.04. The number of nitrogens with zero attached hydrogens (tertiary/aromatic N) is 2. The maximum Gasteiger partial charge on any atom is 0.148 e. The Balaban J connectivity index is 2.48. The first-order chi connectivity index (χ1) is 8.11. The lowest BCUT2D eigenvalue weighted by molar-refractivity contribution is 1.03. The molecule has 3 heteroatoms. The van der Waals surface area contributed by atoms with Crippen LogP contribution in [0.25, 0.3) is 11.3 Å². The fraction of sp³-hybridized carbons (Fsp3) is 0.286. The third-order valence-corrected chi connectivity index (χ3v) is 3.04. The van der Waals surface area contributed by atoms with Crippen molar-refractivity contribution in [1.29, 1.82) is 0 Å². The first kappa shape index (κ1) is 11.6. The molecule has 2 aromatic rings. The Hall–Kier alpha value is -1.90. The maximum absolute atomic E-state index is 4.24. The Morgan fingerprint density at radius 1 is 0.882 bits per heavy atom. The molecule has 0 aliphatic carbocycles. The van der Waals surface area contributed by atoms with Crippen LogP contribution in [0, 0.1) is 20.8 Å². The molecule has 1 aromatic carbocycles. The average molecular weight is 227 g/mol. The highest BCUT2D eigenvalue weighted by molar-refractivity contribution is 5.65. The average Bonchev–Trinajstić information content (AvgIpc) is 2.34. The molecule has 0 saturated heterocycles. The molecular formula is C14H17N3. The summed E-state index contributed by atoms with van der Waals surface area (Å²) in [4.78, 5) is 0. The van der Waals surface area contributed by atoms with Crippen LogP contribution in [-0.2, 0) is 0 Å². The smallest absolute Gasteiger partial charge is 0.148 e. The van der Waals surface area contributed by atoms with Crippen molar-refractivity contribution in [3.05, 3.63) is 41.0 Å². The summed E-state index contributed by atoms with van der Waals surface area (Å²) in [6, 6.07) is 8.30. The van der Waals surface area contributed by atoms with E-state index in [2.05, 4.69) is 48.4 Å². The fourth-order valence-corrected chi connectivity index (χ4v) is 1.85. The number of aryl methyl sites for hydroxylation is 3. The van der Waals surface area contributed by atoms with E-state index in [0.717, 1.165) is 17.1 Å². The number of aromatic nitrogens is 2. The summed E-state index contributed by atoms with van der Waals surface area (Å²) in [6.45, 7) is 6.35. The lowest BCUT2D eigenvalue weighted by atomic mass is 9.99. The number of rotatable bonds is 2. The molecule has 0 aliphatic rings. The van der Waals surface area contributed by atoms with E-state index in [1.54, 1.807) is 0 Å². The molecule has 0 radical (unpaired) electrons. The minimum atomic E-state index is 0.787. The maximum atomic E-state index is 4.24. The van der Waals surface area contributed by atoms with Crippen LogP contribution in [0.4, 0.5) is 5.82 Å². The summed E-state index contributed by atoms with van der Waals surface area (Å²) < 4.78 is 0. The zero-order chi connectivity index (χ0) is 12.4. The minimum absolute atomic E-state index is 0.787. The summed E-state index contributed by atoms with van der Waals surface area (Å²) in [5.74, 6) is 0.787. The Morgan fingerprint density at radius 3 is 2.18 bits per heavy atom. The molecule has 0 fully saturated rings. The molecule has 0 amide bonds. The highest BCUT2D eigenvalue weighted by Gasteiger charge is 2.06. The van der Waals surface area contributed by atoms with E-state index >= 15 is 0 Å². The molecule has 2 rings (SSSR count). The molecule has 0 bridgehead atoms. The van der Waals surface area contributed by atoms with Gasteiger partial charge in [-0.05, 0) is 55.7 Å². The van der Waals surface area contributed by atoms with Crippen LogP contribution in [0.1, 0.15) is 16.7 Å². The molecule has 0 atom stereocenters. The molecular weight excluding hydrogens is 210 g/mol. The molecule has 0 unspecified atom stereocenters. The van der Waals surface area contributed by atoms with Gasteiger partial charge in [-0.3, -0.25) is 0 Å². The summed E-state index contributed by atoms with van der Waals surface area (Å²) in [7, 11) is 1.84.